The van der Waals surface area contributed by atoms with Crippen LogP contribution in [0.4, 0.5) is 0 Å². The molecule has 0 aromatic carbocycles. The Morgan fingerprint density at radius 3 is 2.48 bits per heavy atom. The summed E-state index contributed by atoms with van der Waals surface area (Å²) < 4.78 is 11.5. The van der Waals surface area contributed by atoms with Crippen LogP contribution in [0.5, 0.6) is 0 Å². The number of ether oxygens (including phenoxy) is 2. The van der Waals surface area contributed by atoms with Crippen molar-refractivity contribution in [2.75, 3.05) is 13.2 Å². The molecule has 7 nitrogen and oxygen atoms in total. The van der Waals surface area contributed by atoms with Gasteiger partial charge in [0.15, 0.2) is 6.29 Å². The summed E-state index contributed by atoms with van der Waals surface area (Å²) in [4.78, 5) is 0. The average molecular weight is 467 g/mol. The summed E-state index contributed by atoms with van der Waals surface area (Å²) in [5.41, 5.74) is 1.15. The molecule has 4 aliphatic rings. The highest BCUT2D eigenvalue weighted by Gasteiger charge is 2.59. The van der Waals surface area contributed by atoms with Crippen molar-refractivity contribution in [1.29, 1.82) is 0 Å². The first-order valence-corrected chi connectivity index (χ1v) is 12.4. The molecule has 0 spiro atoms. The standard InChI is InChI=1S/C26H42O7/c1-5-24(2)10-8-16-15(12-24)6-7-18-25(16,3)11-9-19(28)26(18,4)14-32-23-22(31)21(30)20(29)17(13-27)33-23/h5-6,16-23,27-31H,1,7-14H2,2-4H3/t16?,17?,18?,19-,20+,21?,22?,23+,24-,25+,26?/m0/s1. The lowest BCUT2D eigenvalue weighted by Crippen LogP contribution is -2.61. The summed E-state index contributed by atoms with van der Waals surface area (Å²) >= 11 is 0. The maximum atomic E-state index is 11.1. The predicted molar refractivity (Wildman–Crippen MR) is 123 cm³/mol. The molecule has 5 N–H and O–H groups in total. The third-order valence-electron chi connectivity index (χ3n) is 9.68. The fraction of sp³-hybridized carbons (Fsp3) is 0.846. The monoisotopic (exact) mass is 466 g/mol. The average Bonchev–Trinajstić information content (AvgIpc) is 2.80. The number of hydrogen-bond donors (Lipinski definition) is 5. The Bertz CT molecular complexity index is 768. The SMILES string of the molecule is C=C[C@@]1(C)CCC2C(=CCC3C(C)(CO[C@@H]4OC(CO)[C@@H](O)C(O)C4O)[C@@H](O)CC[C@]23C)C1. The lowest BCUT2D eigenvalue weighted by molar-refractivity contribution is -0.312. The second-order valence-corrected chi connectivity index (χ2v) is 11.8. The Balaban J connectivity index is 1.54. The highest BCUT2D eigenvalue weighted by Crippen LogP contribution is 2.63. The van der Waals surface area contributed by atoms with Crippen molar-refractivity contribution in [3.8, 4) is 0 Å². The van der Waals surface area contributed by atoms with Crippen LogP contribution in [0, 0.1) is 28.1 Å². The Morgan fingerprint density at radius 2 is 1.82 bits per heavy atom. The molecular formula is C26H42O7. The van der Waals surface area contributed by atoms with Gasteiger partial charge < -0.3 is 35.0 Å². The fourth-order valence-electron chi connectivity index (χ4n) is 7.30. The van der Waals surface area contributed by atoms with Gasteiger partial charge in [0.2, 0.25) is 0 Å². The van der Waals surface area contributed by atoms with Crippen LogP contribution >= 0.6 is 0 Å². The molecule has 0 radical (unpaired) electrons. The molecule has 1 aliphatic heterocycles. The molecule has 7 heteroatoms. The first-order valence-electron chi connectivity index (χ1n) is 12.4. The first-order chi connectivity index (χ1) is 15.5. The number of allylic oxidation sites excluding steroid dienone is 3. The van der Waals surface area contributed by atoms with Crippen LogP contribution in [0.15, 0.2) is 24.3 Å². The van der Waals surface area contributed by atoms with Crippen molar-refractivity contribution < 1.29 is 35.0 Å². The van der Waals surface area contributed by atoms with Gasteiger partial charge in [-0.2, -0.15) is 0 Å². The topological polar surface area (TPSA) is 120 Å². The predicted octanol–water partition coefficient (Wildman–Crippen LogP) is 1.91. The molecule has 0 aromatic rings. The van der Waals surface area contributed by atoms with Gasteiger partial charge in [-0.15, -0.1) is 6.58 Å². The first kappa shape index (κ1) is 25.3. The van der Waals surface area contributed by atoms with Gasteiger partial charge in [0.1, 0.15) is 24.4 Å². The van der Waals surface area contributed by atoms with Crippen LogP contribution in [0.3, 0.4) is 0 Å². The van der Waals surface area contributed by atoms with Gasteiger partial charge >= 0.3 is 0 Å². The van der Waals surface area contributed by atoms with Crippen LogP contribution in [-0.4, -0.2) is 75.6 Å². The van der Waals surface area contributed by atoms with Crippen LogP contribution in [0.2, 0.25) is 0 Å². The van der Waals surface area contributed by atoms with E-state index in [1.165, 1.54) is 5.57 Å². The summed E-state index contributed by atoms with van der Waals surface area (Å²) in [6, 6.07) is 0. The molecule has 33 heavy (non-hydrogen) atoms. The number of aliphatic hydroxyl groups is 5. The van der Waals surface area contributed by atoms with Gasteiger partial charge in [-0.3, -0.25) is 0 Å². The van der Waals surface area contributed by atoms with E-state index in [0.29, 0.717) is 12.3 Å². The van der Waals surface area contributed by atoms with Crippen molar-refractivity contribution in [2.45, 2.75) is 96.1 Å². The molecule has 11 atom stereocenters. The molecule has 4 rings (SSSR count). The third kappa shape index (κ3) is 4.14. The van der Waals surface area contributed by atoms with Gasteiger partial charge in [0, 0.05) is 5.41 Å². The summed E-state index contributed by atoms with van der Waals surface area (Å²) in [6.07, 6.45) is 3.17. The van der Waals surface area contributed by atoms with Crippen LogP contribution in [0.25, 0.3) is 0 Å². The molecule has 6 unspecified atom stereocenters. The second kappa shape index (κ2) is 9.01. The Kier molecular flexibility index (Phi) is 6.91. The Labute approximate surface area is 197 Å². The molecule has 0 bridgehead atoms. The minimum Gasteiger partial charge on any atom is -0.394 e. The normalized spacial score (nSPS) is 52.4. The smallest absolute Gasteiger partial charge is 0.186 e. The van der Waals surface area contributed by atoms with Crippen molar-refractivity contribution in [1.82, 2.24) is 0 Å². The Morgan fingerprint density at radius 1 is 1.09 bits per heavy atom. The van der Waals surface area contributed by atoms with E-state index in [2.05, 4.69) is 39.5 Å². The van der Waals surface area contributed by atoms with E-state index in [9.17, 15) is 25.5 Å². The zero-order valence-electron chi connectivity index (χ0n) is 20.2. The van der Waals surface area contributed by atoms with E-state index in [1.807, 2.05) is 0 Å². The highest BCUT2D eigenvalue weighted by atomic mass is 16.7. The van der Waals surface area contributed by atoms with Crippen molar-refractivity contribution in [3.05, 3.63) is 24.3 Å². The second-order valence-electron chi connectivity index (χ2n) is 11.8. The Hall–Kier alpha value is -0.800. The molecule has 2 saturated carbocycles. The highest BCUT2D eigenvalue weighted by molar-refractivity contribution is 5.25. The summed E-state index contributed by atoms with van der Waals surface area (Å²) in [5, 5.41) is 51.1. The third-order valence-corrected chi connectivity index (χ3v) is 9.68. The van der Waals surface area contributed by atoms with Crippen LogP contribution < -0.4 is 0 Å². The van der Waals surface area contributed by atoms with Crippen molar-refractivity contribution in [3.63, 3.8) is 0 Å². The summed E-state index contributed by atoms with van der Waals surface area (Å²) in [6.45, 7) is 10.4. The maximum absolute atomic E-state index is 11.1. The van der Waals surface area contributed by atoms with Gasteiger partial charge in [-0.25, -0.2) is 0 Å². The van der Waals surface area contributed by atoms with Crippen LogP contribution in [-0.2, 0) is 9.47 Å². The quantitative estimate of drug-likeness (QED) is 0.393. The largest absolute Gasteiger partial charge is 0.394 e. The van der Waals surface area contributed by atoms with Gasteiger partial charge in [-0.1, -0.05) is 38.5 Å². The molecule has 3 fully saturated rings. The summed E-state index contributed by atoms with van der Waals surface area (Å²) in [7, 11) is 0. The van der Waals surface area contributed by atoms with Gasteiger partial charge in [0.05, 0.1) is 19.3 Å². The van der Waals surface area contributed by atoms with Gasteiger partial charge in [0.25, 0.3) is 0 Å². The fourth-order valence-corrected chi connectivity index (χ4v) is 7.30. The van der Waals surface area contributed by atoms with E-state index in [-0.39, 0.29) is 23.4 Å². The lowest BCUT2D eigenvalue weighted by Gasteiger charge is -2.61. The lowest BCUT2D eigenvalue weighted by atomic mass is 9.45. The molecule has 1 heterocycles. The zero-order chi connectivity index (χ0) is 24.2. The van der Waals surface area contributed by atoms with E-state index in [1.54, 1.807) is 0 Å². The maximum Gasteiger partial charge on any atom is 0.186 e. The summed E-state index contributed by atoms with van der Waals surface area (Å²) in [5.74, 6) is 0.670. The molecule has 0 amide bonds. The molecule has 3 aliphatic carbocycles. The minimum absolute atomic E-state index is 0.0410. The molecular weight excluding hydrogens is 424 g/mol. The van der Waals surface area contributed by atoms with E-state index in [4.69, 9.17) is 9.47 Å². The van der Waals surface area contributed by atoms with E-state index in [0.717, 1.165) is 32.1 Å². The van der Waals surface area contributed by atoms with E-state index < -0.39 is 48.8 Å². The van der Waals surface area contributed by atoms with Crippen molar-refractivity contribution >= 4 is 0 Å². The minimum atomic E-state index is -1.48. The molecule has 0 aromatic heterocycles. The number of aliphatic hydroxyl groups excluding tert-OH is 5. The zero-order valence-corrected chi connectivity index (χ0v) is 20.2. The number of fused-ring (bicyclic) bond motifs is 3. The molecule has 188 valence electrons. The van der Waals surface area contributed by atoms with Crippen LogP contribution in [0.1, 0.15) is 59.3 Å². The number of hydrogen-bond acceptors (Lipinski definition) is 7. The van der Waals surface area contributed by atoms with Crippen molar-refractivity contribution in [2.24, 2.45) is 28.1 Å². The van der Waals surface area contributed by atoms with Gasteiger partial charge in [-0.05, 0) is 61.2 Å². The molecule has 1 saturated heterocycles. The van der Waals surface area contributed by atoms with E-state index >= 15 is 0 Å². The number of rotatable bonds is 5.